The van der Waals surface area contributed by atoms with Crippen molar-refractivity contribution in [3.05, 3.63) is 23.8 Å². The van der Waals surface area contributed by atoms with E-state index in [1.165, 1.54) is 0 Å². The molecule has 23 heavy (non-hydrogen) atoms. The molecule has 124 valence electrons. The molecule has 1 saturated heterocycles. The summed E-state index contributed by atoms with van der Waals surface area (Å²) in [5.74, 6) is 1.20. The van der Waals surface area contributed by atoms with Gasteiger partial charge in [-0.05, 0) is 25.1 Å². The van der Waals surface area contributed by atoms with E-state index in [9.17, 15) is 9.59 Å². The lowest BCUT2D eigenvalue weighted by Gasteiger charge is -2.31. The number of fused-ring (bicyclic) bond motifs is 1. The summed E-state index contributed by atoms with van der Waals surface area (Å²) >= 11 is 0. The van der Waals surface area contributed by atoms with Gasteiger partial charge < -0.3 is 19.1 Å². The molecule has 0 aromatic heterocycles. The van der Waals surface area contributed by atoms with Crippen LogP contribution in [0.25, 0.3) is 0 Å². The highest BCUT2D eigenvalue weighted by Gasteiger charge is 2.22. The number of carbonyl (C=O) groups is 2. The third-order valence-corrected chi connectivity index (χ3v) is 4.02. The molecular weight excluding hydrogens is 298 g/mol. The van der Waals surface area contributed by atoms with Crippen LogP contribution in [-0.4, -0.2) is 55.6 Å². The zero-order chi connectivity index (χ0) is 16.2. The summed E-state index contributed by atoms with van der Waals surface area (Å²) in [7, 11) is 0. The lowest BCUT2D eigenvalue weighted by molar-refractivity contribution is -0.138. The van der Waals surface area contributed by atoms with Crippen LogP contribution in [0.2, 0.25) is 0 Å². The highest BCUT2D eigenvalue weighted by atomic mass is 16.6. The van der Waals surface area contributed by atoms with E-state index in [1.807, 2.05) is 6.92 Å². The summed E-state index contributed by atoms with van der Waals surface area (Å²) in [6, 6.07) is 5.16. The Morgan fingerprint density at radius 2 is 1.91 bits per heavy atom. The first-order valence-electron chi connectivity index (χ1n) is 7.96. The van der Waals surface area contributed by atoms with E-state index in [4.69, 9.17) is 14.2 Å². The van der Waals surface area contributed by atoms with Crippen LogP contribution < -0.4 is 9.47 Å². The summed E-state index contributed by atoms with van der Waals surface area (Å²) in [5, 5.41) is 0. The van der Waals surface area contributed by atoms with Gasteiger partial charge in [0.15, 0.2) is 17.3 Å². The SMILES string of the molecule is CC1CN(C(=O)CCC(=O)c2ccc3c(c2)OCCO3)CCO1. The Hall–Kier alpha value is -2.08. The Bertz CT molecular complexity index is 601. The van der Waals surface area contributed by atoms with Crippen LogP contribution in [0.5, 0.6) is 11.5 Å². The van der Waals surface area contributed by atoms with E-state index >= 15 is 0 Å². The number of Topliss-reactive ketones (excluding diaryl/α,β-unsaturated/α-hetero) is 1. The Balaban J connectivity index is 1.55. The lowest BCUT2D eigenvalue weighted by atomic mass is 10.1. The van der Waals surface area contributed by atoms with Crippen molar-refractivity contribution in [3.8, 4) is 11.5 Å². The molecule has 0 radical (unpaired) electrons. The number of amides is 1. The number of hydrogen-bond donors (Lipinski definition) is 0. The number of benzene rings is 1. The predicted octanol–water partition coefficient (Wildman–Crippen LogP) is 1.67. The number of morpholine rings is 1. The average Bonchev–Trinajstić information content (AvgIpc) is 2.59. The van der Waals surface area contributed by atoms with E-state index in [0.29, 0.717) is 50.0 Å². The van der Waals surface area contributed by atoms with Crippen LogP contribution in [0.1, 0.15) is 30.1 Å². The zero-order valence-corrected chi connectivity index (χ0v) is 13.2. The summed E-state index contributed by atoms with van der Waals surface area (Å²) in [4.78, 5) is 26.2. The number of ketones is 1. The van der Waals surface area contributed by atoms with Crippen molar-refractivity contribution in [2.24, 2.45) is 0 Å². The van der Waals surface area contributed by atoms with Gasteiger partial charge in [-0.2, -0.15) is 0 Å². The van der Waals surface area contributed by atoms with Crippen LogP contribution >= 0.6 is 0 Å². The van der Waals surface area contributed by atoms with Crippen molar-refractivity contribution >= 4 is 11.7 Å². The van der Waals surface area contributed by atoms with Gasteiger partial charge in [0.2, 0.25) is 5.91 Å². The van der Waals surface area contributed by atoms with Crippen LogP contribution in [0, 0.1) is 0 Å². The Morgan fingerprint density at radius 3 is 2.70 bits per heavy atom. The average molecular weight is 319 g/mol. The number of hydrogen-bond acceptors (Lipinski definition) is 5. The number of rotatable bonds is 4. The fraction of sp³-hybridized carbons (Fsp3) is 0.529. The molecule has 0 saturated carbocycles. The Labute approximate surface area is 135 Å². The maximum Gasteiger partial charge on any atom is 0.223 e. The highest BCUT2D eigenvalue weighted by Crippen LogP contribution is 2.31. The zero-order valence-electron chi connectivity index (χ0n) is 13.2. The second kappa shape index (κ2) is 7.00. The van der Waals surface area contributed by atoms with Gasteiger partial charge in [-0.15, -0.1) is 0 Å². The molecule has 2 aliphatic heterocycles. The van der Waals surface area contributed by atoms with Gasteiger partial charge in [-0.1, -0.05) is 0 Å². The monoisotopic (exact) mass is 319 g/mol. The molecule has 0 bridgehead atoms. The maximum absolute atomic E-state index is 12.3. The molecule has 6 heteroatoms. The summed E-state index contributed by atoms with van der Waals surface area (Å²) in [5.41, 5.74) is 0.553. The van der Waals surface area contributed by atoms with E-state index in [-0.39, 0.29) is 30.6 Å². The van der Waals surface area contributed by atoms with E-state index in [0.717, 1.165) is 0 Å². The van der Waals surface area contributed by atoms with Crippen molar-refractivity contribution < 1.29 is 23.8 Å². The molecule has 1 aromatic carbocycles. The van der Waals surface area contributed by atoms with Crippen LogP contribution in [0.4, 0.5) is 0 Å². The van der Waals surface area contributed by atoms with Gasteiger partial charge in [0, 0.05) is 31.5 Å². The molecule has 2 heterocycles. The molecule has 1 atom stereocenters. The lowest BCUT2D eigenvalue weighted by Crippen LogP contribution is -2.44. The normalized spacial score (nSPS) is 20.2. The highest BCUT2D eigenvalue weighted by molar-refractivity contribution is 5.98. The largest absolute Gasteiger partial charge is 0.486 e. The topological polar surface area (TPSA) is 65.1 Å². The van der Waals surface area contributed by atoms with Crippen LogP contribution in [0.15, 0.2) is 18.2 Å². The molecule has 1 fully saturated rings. The molecule has 0 N–H and O–H groups in total. The summed E-state index contributed by atoms with van der Waals surface area (Å²) in [6.45, 7) is 4.70. The first kappa shape index (κ1) is 15.8. The van der Waals surface area contributed by atoms with Gasteiger partial charge in [0.25, 0.3) is 0 Å². The van der Waals surface area contributed by atoms with Gasteiger partial charge in [-0.3, -0.25) is 9.59 Å². The molecule has 1 unspecified atom stereocenters. The van der Waals surface area contributed by atoms with Gasteiger partial charge in [-0.25, -0.2) is 0 Å². The molecule has 1 amide bonds. The molecule has 3 rings (SSSR count). The fourth-order valence-electron chi connectivity index (χ4n) is 2.78. The van der Waals surface area contributed by atoms with Gasteiger partial charge in [0.1, 0.15) is 13.2 Å². The van der Waals surface area contributed by atoms with Crippen molar-refractivity contribution in [1.82, 2.24) is 4.90 Å². The van der Waals surface area contributed by atoms with Crippen molar-refractivity contribution in [3.63, 3.8) is 0 Å². The molecular formula is C17H21NO5. The third kappa shape index (κ3) is 3.82. The second-order valence-corrected chi connectivity index (χ2v) is 5.80. The molecule has 0 spiro atoms. The number of nitrogens with zero attached hydrogens (tertiary/aromatic N) is 1. The van der Waals surface area contributed by atoms with Gasteiger partial charge in [0.05, 0.1) is 12.7 Å². The summed E-state index contributed by atoms with van der Waals surface area (Å²) in [6.07, 6.45) is 0.478. The van der Waals surface area contributed by atoms with E-state index in [2.05, 4.69) is 0 Å². The molecule has 1 aromatic rings. The Kier molecular flexibility index (Phi) is 4.81. The standard InChI is InChI=1S/C17H21NO5/c1-12-11-18(6-7-21-12)17(20)5-3-14(19)13-2-4-15-16(10-13)23-9-8-22-15/h2,4,10,12H,3,5-9,11H2,1H3. The van der Waals surface area contributed by atoms with Crippen LogP contribution in [-0.2, 0) is 9.53 Å². The number of carbonyl (C=O) groups excluding carboxylic acids is 2. The molecule has 6 nitrogen and oxygen atoms in total. The quantitative estimate of drug-likeness (QED) is 0.790. The number of ether oxygens (including phenoxy) is 3. The van der Waals surface area contributed by atoms with Crippen LogP contribution in [0.3, 0.4) is 0 Å². The fourth-order valence-corrected chi connectivity index (χ4v) is 2.78. The van der Waals surface area contributed by atoms with Crippen molar-refractivity contribution in [1.29, 1.82) is 0 Å². The first-order chi connectivity index (χ1) is 11.1. The van der Waals surface area contributed by atoms with Crippen molar-refractivity contribution in [2.45, 2.75) is 25.9 Å². The van der Waals surface area contributed by atoms with E-state index < -0.39 is 0 Å². The minimum atomic E-state index is -0.0587. The van der Waals surface area contributed by atoms with E-state index in [1.54, 1.807) is 23.1 Å². The minimum Gasteiger partial charge on any atom is -0.486 e. The second-order valence-electron chi connectivity index (χ2n) is 5.80. The molecule has 2 aliphatic rings. The third-order valence-electron chi connectivity index (χ3n) is 4.02. The smallest absolute Gasteiger partial charge is 0.223 e. The molecule has 0 aliphatic carbocycles. The maximum atomic E-state index is 12.3. The van der Waals surface area contributed by atoms with Gasteiger partial charge >= 0.3 is 0 Å². The first-order valence-corrected chi connectivity index (χ1v) is 7.96. The minimum absolute atomic E-state index is 0.00560. The van der Waals surface area contributed by atoms with Crippen molar-refractivity contribution in [2.75, 3.05) is 32.9 Å². The summed E-state index contributed by atoms with van der Waals surface area (Å²) < 4.78 is 16.3. The predicted molar refractivity (Wildman–Crippen MR) is 83.0 cm³/mol. The Morgan fingerprint density at radius 1 is 1.13 bits per heavy atom.